The summed E-state index contributed by atoms with van der Waals surface area (Å²) in [5.41, 5.74) is -0.653. The van der Waals surface area contributed by atoms with Crippen molar-refractivity contribution >= 4 is 6.03 Å². The molecule has 6 nitrogen and oxygen atoms in total. The average Bonchev–Trinajstić information content (AvgIpc) is 2.88. The molecule has 34 heavy (non-hydrogen) atoms. The molecule has 0 aromatic heterocycles. The first-order valence-electron chi connectivity index (χ1n) is 14.5. The fourth-order valence-corrected chi connectivity index (χ4v) is 7.10. The van der Waals surface area contributed by atoms with Crippen molar-refractivity contribution in [2.75, 3.05) is 40.4 Å². The Balaban J connectivity index is 1.60. The number of unbranched alkanes of at least 4 members (excludes halogenated alkanes) is 1. The molecule has 3 aliphatic rings. The lowest BCUT2D eigenvalue weighted by Crippen LogP contribution is -2.56. The number of nitrogens with one attached hydrogen (secondary N) is 2. The molecular formula is C28H53N3O3. The van der Waals surface area contributed by atoms with E-state index >= 15 is 0 Å². The second-order valence-electron chi connectivity index (χ2n) is 11.5. The maximum atomic E-state index is 13.4. The van der Waals surface area contributed by atoms with Gasteiger partial charge in [0.2, 0.25) is 0 Å². The monoisotopic (exact) mass is 479 g/mol. The molecule has 1 heterocycles. The number of carbonyl (C=O) groups is 1. The van der Waals surface area contributed by atoms with Crippen molar-refractivity contribution < 1.29 is 14.6 Å². The van der Waals surface area contributed by atoms with Crippen LogP contribution in [0.4, 0.5) is 4.79 Å². The number of ether oxygens (including phenoxy) is 1. The molecule has 3 atom stereocenters. The van der Waals surface area contributed by atoms with Crippen LogP contribution in [0.5, 0.6) is 0 Å². The van der Waals surface area contributed by atoms with Gasteiger partial charge >= 0.3 is 6.03 Å². The number of rotatable bonds is 12. The van der Waals surface area contributed by atoms with Gasteiger partial charge in [-0.05, 0) is 70.3 Å². The topological polar surface area (TPSA) is 73.8 Å². The standard InChI is InChI=1S/C28H53N3O3/c1-29-21-26(20-23-12-5-3-6-13-23)30-27(32)31-18-11-16-25(22-31)28(33,17-9-10-19-34-2)24-14-7-4-8-15-24/h23-26,29,33H,3-22H2,1-2H3,(H,30,32). The molecule has 6 heteroatoms. The van der Waals surface area contributed by atoms with Crippen LogP contribution in [0.2, 0.25) is 0 Å². The molecule has 2 aliphatic carbocycles. The fraction of sp³-hybridized carbons (Fsp3) is 0.964. The molecule has 3 rings (SSSR count). The Bertz CT molecular complexity index is 577. The van der Waals surface area contributed by atoms with E-state index in [4.69, 9.17) is 4.74 Å². The van der Waals surface area contributed by atoms with Gasteiger partial charge in [-0.2, -0.15) is 0 Å². The van der Waals surface area contributed by atoms with Crippen LogP contribution in [0.15, 0.2) is 0 Å². The summed E-state index contributed by atoms with van der Waals surface area (Å²) in [5.74, 6) is 1.30. The molecule has 3 unspecified atom stereocenters. The van der Waals surface area contributed by atoms with Gasteiger partial charge in [0.1, 0.15) is 0 Å². The quantitative estimate of drug-likeness (QED) is 0.341. The van der Waals surface area contributed by atoms with E-state index in [2.05, 4.69) is 10.6 Å². The number of likely N-dealkylation sites (N-methyl/N-ethyl adjacent to an activating group) is 1. The molecular weight excluding hydrogens is 426 g/mol. The third kappa shape index (κ3) is 8.09. The first kappa shape index (κ1) is 27.7. The zero-order valence-corrected chi connectivity index (χ0v) is 22.2. The summed E-state index contributed by atoms with van der Waals surface area (Å²) in [7, 11) is 3.73. The van der Waals surface area contributed by atoms with Gasteiger partial charge < -0.3 is 25.4 Å². The van der Waals surface area contributed by atoms with Gasteiger partial charge in [-0.25, -0.2) is 4.79 Å². The molecule has 0 bridgehead atoms. The Morgan fingerprint density at radius 3 is 2.35 bits per heavy atom. The summed E-state index contributed by atoms with van der Waals surface area (Å²) >= 11 is 0. The lowest BCUT2D eigenvalue weighted by molar-refractivity contribution is -0.104. The van der Waals surface area contributed by atoms with E-state index in [1.807, 2.05) is 11.9 Å². The lowest BCUT2D eigenvalue weighted by Gasteiger charge is -2.48. The Hall–Kier alpha value is -0.850. The van der Waals surface area contributed by atoms with E-state index in [1.54, 1.807) is 7.11 Å². The van der Waals surface area contributed by atoms with Crippen LogP contribution >= 0.6 is 0 Å². The van der Waals surface area contributed by atoms with E-state index in [9.17, 15) is 9.90 Å². The number of urea groups is 1. The second kappa shape index (κ2) is 14.6. The van der Waals surface area contributed by atoms with Crippen LogP contribution < -0.4 is 10.6 Å². The molecule has 2 amide bonds. The van der Waals surface area contributed by atoms with Crippen molar-refractivity contribution in [2.45, 2.75) is 114 Å². The number of aliphatic hydroxyl groups is 1. The average molecular weight is 480 g/mol. The van der Waals surface area contributed by atoms with Crippen LogP contribution in [0, 0.1) is 17.8 Å². The SMILES string of the molecule is CNCC(CC1CCCCC1)NC(=O)N1CCCC(C(O)(CCCCOC)C2CCCCC2)C1. The third-order valence-corrected chi connectivity index (χ3v) is 9.02. The minimum Gasteiger partial charge on any atom is -0.389 e. The van der Waals surface area contributed by atoms with Crippen LogP contribution in [0.25, 0.3) is 0 Å². The smallest absolute Gasteiger partial charge is 0.317 e. The van der Waals surface area contributed by atoms with E-state index < -0.39 is 5.60 Å². The highest BCUT2D eigenvalue weighted by molar-refractivity contribution is 5.74. The van der Waals surface area contributed by atoms with Crippen LogP contribution in [-0.2, 0) is 4.74 Å². The van der Waals surface area contributed by atoms with Gasteiger partial charge in [-0.3, -0.25) is 0 Å². The van der Waals surface area contributed by atoms with E-state index in [0.29, 0.717) is 12.5 Å². The Labute approximate surface area is 209 Å². The fourth-order valence-electron chi connectivity index (χ4n) is 7.10. The molecule has 1 saturated heterocycles. The maximum Gasteiger partial charge on any atom is 0.317 e. The molecule has 0 spiro atoms. The summed E-state index contributed by atoms with van der Waals surface area (Å²) in [5, 5.41) is 18.8. The largest absolute Gasteiger partial charge is 0.389 e. The number of hydrogen-bond donors (Lipinski definition) is 3. The van der Waals surface area contributed by atoms with Gasteiger partial charge in [0.15, 0.2) is 0 Å². The molecule has 2 saturated carbocycles. The molecule has 3 fully saturated rings. The predicted octanol–water partition coefficient (Wildman–Crippen LogP) is 5.09. The Kier molecular flexibility index (Phi) is 11.9. The van der Waals surface area contributed by atoms with Gasteiger partial charge in [-0.15, -0.1) is 0 Å². The Morgan fingerprint density at radius 2 is 1.68 bits per heavy atom. The summed E-state index contributed by atoms with van der Waals surface area (Å²) in [6.45, 7) is 3.08. The van der Waals surface area contributed by atoms with Crippen LogP contribution in [-0.4, -0.2) is 68.1 Å². The minimum absolute atomic E-state index is 0.0751. The number of piperidine rings is 1. The number of amides is 2. The second-order valence-corrected chi connectivity index (χ2v) is 11.5. The summed E-state index contributed by atoms with van der Waals surface area (Å²) < 4.78 is 5.26. The van der Waals surface area contributed by atoms with E-state index in [0.717, 1.165) is 77.0 Å². The summed E-state index contributed by atoms with van der Waals surface area (Å²) in [6.07, 6.45) is 18.6. The highest BCUT2D eigenvalue weighted by Crippen LogP contribution is 2.43. The number of hydrogen-bond acceptors (Lipinski definition) is 4. The molecule has 3 N–H and O–H groups in total. The molecule has 198 valence electrons. The zero-order valence-electron chi connectivity index (χ0n) is 22.2. The van der Waals surface area contributed by atoms with Gasteiger partial charge in [0, 0.05) is 45.3 Å². The Morgan fingerprint density at radius 1 is 1.00 bits per heavy atom. The molecule has 0 aromatic rings. The summed E-state index contributed by atoms with van der Waals surface area (Å²) in [6, 6.07) is 0.262. The molecule has 1 aliphatic heterocycles. The highest BCUT2D eigenvalue weighted by Gasteiger charge is 2.45. The molecule has 0 radical (unpaired) electrons. The summed E-state index contributed by atoms with van der Waals surface area (Å²) in [4.78, 5) is 15.4. The molecule has 0 aromatic carbocycles. The van der Waals surface area contributed by atoms with Crippen molar-refractivity contribution in [3.05, 3.63) is 0 Å². The van der Waals surface area contributed by atoms with Crippen LogP contribution in [0.1, 0.15) is 103 Å². The van der Waals surface area contributed by atoms with Gasteiger partial charge in [-0.1, -0.05) is 51.4 Å². The zero-order chi connectivity index (χ0) is 24.2. The van der Waals surface area contributed by atoms with Crippen molar-refractivity contribution in [3.63, 3.8) is 0 Å². The van der Waals surface area contributed by atoms with Gasteiger partial charge in [0.05, 0.1) is 5.60 Å². The predicted molar refractivity (Wildman–Crippen MR) is 139 cm³/mol. The lowest BCUT2D eigenvalue weighted by atomic mass is 9.66. The first-order valence-corrected chi connectivity index (χ1v) is 14.5. The van der Waals surface area contributed by atoms with Crippen molar-refractivity contribution in [2.24, 2.45) is 17.8 Å². The number of nitrogens with zero attached hydrogens (tertiary/aromatic N) is 1. The van der Waals surface area contributed by atoms with E-state index in [1.165, 1.54) is 51.4 Å². The highest BCUT2D eigenvalue weighted by atomic mass is 16.5. The third-order valence-electron chi connectivity index (χ3n) is 9.02. The normalized spacial score (nSPS) is 25.6. The maximum absolute atomic E-state index is 13.4. The van der Waals surface area contributed by atoms with Crippen LogP contribution in [0.3, 0.4) is 0 Å². The number of methoxy groups -OCH3 is 1. The number of carbonyl (C=O) groups excluding carboxylic acids is 1. The van der Waals surface area contributed by atoms with Crippen molar-refractivity contribution in [1.29, 1.82) is 0 Å². The van der Waals surface area contributed by atoms with Crippen molar-refractivity contribution in [3.8, 4) is 0 Å². The number of likely N-dealkylation sites (tertiary alicyclic amines) is 1. The van der Waals surface area contributed by atoms with Crippen molar-refractivity contribution in [1.82, 2.24) is 15.5 Å². The van der Waals surface area contributed by atoms with E-state index in [-0.39, 0.29) is 18.0 Å². The van der Waals surface area contributed by atoms with Gasteiger partial charge in [0.25, 0.3) is 0 Å². The minimum atomic E-state index is -0.653. The first-order chi connectivity index (χ1) is 16.6.